The quantitative estimate of drug-likeness (QED) is 0.825. The van der Waals surface area contributed by atoms with Gasteiger partial charge in [0.15, 0.2) is 0 Å². The molecule has 6 atom stereocenters. The van der Waals surface area contributed by atoms with Crippen LogP contribution in [0, 0.1) is 17.8 Å². The average Bonchev–Trinajstić information content (AvgIpc) is 3.24. The van der Waals surface area contributed by atoms with E-state index in [9.17, 15) is 9.90 Å². The van der Waals surface area contributed by atoms with Crippen LogP contribution in [0.4, 0.5) is 0 Å². The van der Waals surface area contributed by atoms with Crippen molar-refractivity contribution in [3.8, 4) is 0 Å². The summed E-state index contributed by atoms with van der Waals surface area (Å²) in [4.78, 5) is 14.6. The van der Waals surface area contributed by atoms with Crippen molar-refractivity contribution in [3.63, 3.8) is 0 Å². The van der Waals surface area contributed by atoms with Gasteiger partial charge in [-0.05, 0) is 25.5 Å². The van der Waals surface area contributed by atoms with E-state index in [1.54, 1.807) is 0 Å². The van der Waals surface area contributed by atoms with Gasteiger partial charge < -0.3 is 19.1 Å². The van der Waals surface area contributed by atoms with E-state index in [0.29, 0.717) is 13.0 Å². The van der Waals surface area contributed by atoms with Crippen LogP contribution >= 0.6 is 0 Å². The van der Waals surface area contributed by atoms with Crippen molar-refractivity contribution in [1.82, 2.24) is 9.47 Å². The highest BCUT2D eigenvalue weighted by molar-refractivity contribution is 5.73. The predicted molar refractivity (Wildman–Crippen MR) is 87.1 cm³/mol. The lowest BCUT2D eigenvalue weighted by molar-refractivity contribution is -0.157. The maximum Gasteiger partial charge on any atom is 0.311 e. The number of rotatable bonds is 4. The Labute approximate surface area is 142 Å². The van der Waals surface area contributed by atoms with E-state index in [0.717, 1.165) is 19.6 Å². The molecule has 3 fully saturated rings. The van der Waals surface area contributed by atoms with E-state index in [1.807, 2.05) is 6.92 Å². The molecule has 4 rings (SSSR count). The molecule has 132 valence electrons. The molecule has 0 aliphatic carbocycles. The van der Waals surface area contributed by atoms with Crippen LogP contribution in [0.1, 0.15) is 19.0 Å². The fourth-order valence-corrected chi connectivity index (χ4v) is 4.78. The van der Waals surface area contributed by atoms with Crippen molar-refractivity contribution in [2.75, 3.05) is 19.7 Å². The third kappa shape index (κ3) is 2.57. The van der Waals surface area contributed by atoms with Gasteiger partial charge in [-0.3, -0.25) is 9.69 Å². The molecule has 0 spiro atoms. The maximum atomic E-state index is 12.3. The SMILES string of the molecule is CCOC(=O)[C@H]1C[C@@H]2O[C@H]1[C@H]1CN(Cc3cccn3C)C[C@H]1[C@@H]2O. The zero-order valence-corrected chi connectivity index (χ0v) is 14.3. The van der Waals surface area contributed by atoms with E-state index >= 15 is 0 Å². The van der Waals surface area contributed by atoms with Gasteiger partial charge in [0.2, 0.25) is 0 Å². The molecule has 1 N–H and O–H groups in total. The summed E-state index contributed by atoms with van der Waals surface area (Å²) in [5.74, 6) is -0.00445. The van der Waals surface area contributed by atoms with Crippen molar-refractivity contribution in [2.45, 2.75) is 38.2 Å². The zero-order valence-electron chi connectivity index (χ0n) is 14.3. The van der Waals surface area contributed by atoms with Crippen molar-refractivity contribution in [1.29, 1.82) is 0 Å². The standard InChI is InChI=1S/C18H26N2O4/c1-3-23-18(22)12-7-15-16(21)13-9-20(10-14(13)17(12)24-15)8-11-5-4-6-19(11)2/h4-6,12-17,21H,3,7-10H2,1-2H3/t12-,13+,14-,15-,16-,17+/m0/s1. The Hall–Kier alpha value is -1.37. The molecular formula is C18H26N2O4. The van der Waals surface area contributed by atoms with E-state index in [1.165, 1.54) is 5.69 Å². The Morgan fingerprint density at radius 2 is 2.21 bits per heavy atom. The summed E-state index contributed by atoms with van der Waals surface area (Å²) >= 11 is 0. The number of likely N-dealkylation sites (tertiary alicyclic amines) is 1. The van der Waals surface area contributed by atoms with Crippen LogP contribution in [0.5, 0.6) is 0 Å². The molecule has 2 bridgehead atoms. The average molecular weight is 334 g/mol. The lowest BCUT2D eigenvalue weighted by Crippen LogP contribution is -2.46. The first-order valence-electron chi connectivity index (χ1n) is 8.91. The minimum Gasteiger partial charge on any atom is -0.466 e. The summed E-state index contributed by atoms with van der Waals surface area (Å²) in [6, 6.07) is 4.18. The molecule has 0 aromatic carbocycles. The Bertz CT molecular complexity index is 616. The van der Waals surface area contributed by atoms with Gasteiger partial charge in [-0.1, -0.05) is 0 Å². The number of esters is 1. The summed E-state index contributed by atoms with van der Waals surface area (Å²) in [7, 11) is 2.05. The fourth-order valence-electron chi connectivity index (χ4n) is 4.78. The molecule has 0 radical (unpaired) electrons. The summed E-state index contributed by atoms with van der Waals surface area (Å²) in [6.45, 7) is 4.81. The van der Waals surface area contributed by atoms with Crippen molar-refractivity contribution >= 4 is 5.97 Å². The van der Waals surface area contributed by atoms with Crippen LogP contribution in [-0.4, -0.2) is 58.6 Å². The molecule has 6 heteroatoms. The Morgan fingerprint density at radius 1 is 1.42 bits per heavy atom. The van der Waals surface area contributed by atoms with Gasteiger partial charge in [0, 0.05) is 50.4 Å². The molecule has 4 heterocycles. The van der Waals surface area contributed by atoms with Crippen LogP contribution in [0.2, 0.25) is 0 Å². The molecule has 0 saturated carbocycles. The maximum absolute atomic E-state index is 12.3. The molecule has 1 aromatic rings. The highest BCUT2D eigenvalue weighted by Gasteiger charge is 2.58. The van der Waals surface area contributed by atoms with E-state index < -0.39 is 6.10 Å². The third-order valence-electron chi connectivity index (χ3n) is 5.97. The second-order valence-corrected chi connectivity index (χ2v) is 7.36. The predicted octanol–water partition coefficient (Wildman–Crippen LogP) is 0.784. The van der Waals surface area contributed by atoms with Crippen molar-refractivity contribution in [3.05, 3.63) is 24.0 Å². The lowest BCUT2D eigenvalue weighted by atomic mass is 9.83. The topological polar surface area (TPSA) is 63.9 Å². The number of carbonyl (C=O) groups is 1. The first kappa shape index (κ1) is 16.1. The van der Waals surface area contributed by atoms with Gasteiger partial charge in [-0.15, -0.1) is 0 Å². The summed E-state index contributed by atoms with van der Waals surface area (Å²) in [5.41, 5.74) is 1.26. The minimum absolute atomic E-state index is 0.110. The van der Waals surface area contributed by atoms with Gasteiger partial charge in [-0.2, -0.15) is 0 Å². The summed E-state index contributed by atoms with van der Waals surface area (Å²) in [6.07, 6.45) is 1.83. The lowest BCUT2D eigenvalue weighted by Gasteiger charge is -2.36. The van der Waals surface area contributed by atoms with Crippen LogP contribution in [0.3, 0.4) is 0 Å². The molecule has 3 aliphatic heterocycles. The number of nitrogens with zero attached hydrogens (tertiary/aromatic N) is 2. The van der Waals surface area contributed by atoms with Crippen LogP contribution < -0.4 is 0 Å². The first-order chi connectivity index (χ1) is 11.6. The molecule has 0 amide bonds. The fraction of sp³-hybridized carbons (Fsp3) is 0.722. The second kappa shape index (κ2) is 6.17. The van der Waals surface area contributed by atoms with Gasteiger partial charge >= 0.3 is 5.97 Å². The Balaban J connectivity index is 1.50. The Kier molecular flexibility index (Phi) is 4.14. The number of aryl methyl sites for hydroxylation is 1. The molecule has 3 saturated heterocycles. The van der Waals surface area contributed by atoms with Crippen LogP contribution in [-0.2, 0) is 27.9 Å². The monoisotopic (exact) mass is 334 g/mol. The van der Waals surface area contributed by atoms with Gasteiger partial charge in [0.1, 0.15) is 0 Å². The number of hydrogen-bond donors (Lipinski definition) is 1. The normalized spacial score (nSPS) is 38.3. The van der Waals surface area contributed by atoms with Gasteiger partial charge in [-0.25, -0.2) is 0 Å². The smallest absolute Gasteiger partial charge is 0.311 e. The zero-order chi connectivity index (χ0) is 16.8. The van der Waals surface area contributed by atoms with E-state index in [2.05, 4.69) is 34.8 Å². The number of carbonyl (C=O) groups excluding carboxylic acids is 1. The van der Waals surface area contributed by atoms with Crippen LogP contribution in [0.25, 0.3) is 0 Å². The molecular weight excluding hydrogens is 308 g/mol. The highest BCUT2D eigenvalue weighted by Crippen LogP contribution is 2.47. The molecule has 6 nitrogen and oxygen atoms in total. The summed E-state index contributed by atoms with van der Waals surface area (Å²) in [5, 5.41) is 10.7. The first-order valence-corrected chi connectivity index (χ1v) is 8.91. The van der Waals surface area contributed by atoms with Crippen LogP contribution in [0.15, 0.2) is 18.3 Å². The molecule has 0 unspecified atom stereocenters. The van der Waals surface area contributed by atoms with Crippen molar-refractivity contribution < 1.29 is 19.4 Å². The Morgan fingerprint density at radius 3 is 2.92 bits per heavy atom. The number of hydrogen-bond acceptors (Lipinski definition) is 5. The largest absolute Gasteiger partial charge is 0.466 e. The molecule has 3 aliphatic rings. The number of aliphatic hydroxyl groups excluding tert-OH is 1. The number of fused-ring (bicyclic) bond motifs is 4. The number of aliphatic hydroxyl groups is 1. The molecule has 24 heavy (non-hydrogen) atoms. The minimum atomic E-state index is -0.482. The summed E-state index contributed by atoms with van der Waals surface area (Å²) < 4.78 is 13.4. The third-order valence-corrected chi connectivity index (χ3v) is 5.97. The van der Waals surface area contributed by atoms with Gasteiger partial charge in [0.05, 0.1) is 30.8 Å². The highest BCUT2D eigenvalue weighted by atomic mass is 16.5. The molecule has 1 aromatic heterocycles. The second-order valence-electron chi connectivity index (χ2n) is 7.36. The van der Waals surface area contributed by atoms with Gasteiger partial charge in [0.25, 0.3) is 0 Å². The van der Waals surface area contributed by atoms with Crippen molar-refractivity contribution in [2.24, 2.45) is 24.8 Å². The number of ether oxygens (including phenoxy) is 2. The van der Waals surface area contributed by atoms with E-state index in [4.69, 9.17) is 9.47 Å². The number of aromatic nitrogens is 1. The van der Waals surface area contributed by atoms with E-state index in [-0.39, 0.29) is 35.9 Å².